The van der Waals surface area contributed by atoms with Gasteiger partial charge in [0.1, 0.15) is 5.82 Å². The van der Waals surface area contributed by atoms with E-state index in [1.807, 2.05) is 0 Å². The molecule has 0 heterocycles. The van der Waals surface area contributed by atoms with E-state index in [0.717, 1.165) is 30.3 Å². The van der Waals surface area contributed by atoms with E-state index >= 15 is 0 Å². The van der Waals surface area contributed by atoms with Crippen molar-refractivity contribution < 1.29 is 37.0 Å². The molecule has 0 fully saturated rings. The minimum absolute atomic E-state index is 0.0641. The summed E-state index contributed by atoms with van der Waals surface area (Å²) in [4.78, 5) is 25.7. The smallest absolute Gasteiger partial charge is 0.432 e. The zero-order valence-electron chi connectivity index (χ0n) is 15.7. The third-order valence-corrected chi connectivity index (χ3v) is 4.21. The summed E-state index contributed by atoms with van der Waals surface area (Å²) in [5, 5.41) is 10.1. The first kappa shape index (κ1) is 22.4. The number of alkyl halides is 3. The van der Waals surface area contributed by atoms with Crippen molar-refractivity contribution in [2.24, 2.45) is 0 Å². The lowest BCUT2D eigenvalue weighted by Gasteiger charge is -2.29. The zero-order valence-corrected chi connectivity index (χ0v) is 15.7. The van der Waals surface area contributed by atoms with Crippen molar-refractivity contribution in [3.8, 4) is 0 Å². The lowest BCUT2D eigenvalue weighted by atomic mass is 9.92. The number of esters is 1. The van der Waals surface area contributed by atoms with Gasteiger partial charge in [-0.25, -0.2) is 9.18 Å². The number of halogens is 4. The van der Waals surface area contributed by atoms with Crippen LogP contribution in [0.2, 0.25) is 0 Å². The SMILES string of the molecule is CCOC(=O)[C@](O)(c1ccc(N(CC)C(=O)c2cccc(F)c2)cc1)C(F)(F)F. The number of rotatable bonds is 6. The lowest BCUT2D eigenvalue weighted by molar-refractivity contribution is -0.267. The Morgan fingerprint density at radius 1 is 1.07 bits per heavy atom. The fourth-order valence-electron chi connectivity index (χ4n) is 2.74. The quantitative estimate of drug-likeness (QED) is 0.578. The van der Waals surface area contributed by atoms with Gasteiger partial charge >= 0.3 is 12.1 Å². The van der Waals surface area contributed by atoms with Crippen LogP contribution in [0.1, 0.15) is 29.8 Å². The van der Waals surface area contributed by atoms with Crippen LogP contribution in [0.3, 0.4) is 0 Å². The standard InChI is InChI=1S/C20H19F4NO4/c1-3-25(17(26)13-6-5-7-15(21)12-13)16-10-8-14(9-11-16)19(28,20(22,23)24)18(27)29-4-2/h5-12,28H,3-4H2,1-2H3/t19-/m1/s1. The van der Waals surface area contributed by atoms with E-state index in [2.05, 4.69) is 4.74 Å². The van der Waals surface area contributed by atoms with E-state index in [4.69, 9.17) is 0 Å². The molecule has 1 N–H and O–H groups in total. The van der Waals surface area contributed by atoms with Gasteiger partial charge in [-0.2, -0.15) is 13.2 Å². The van der Waals surface area contributed by atoms with Crippen molar-refractivity contribution in [3.63, 3.8) is 0 Å². The highest BCUT2D eigenvalue weighted by Crippen LogP contribution is 2.40. The first-order valence-corrected chi connectivity index (χ1v) is 8.70. The Balaban J connectivity index is 2.40. The molecule has 0 aliphatic heterocycles. The van der Waals surface area contributed by atoms with Crippen molar-refractivity contribution in [2.75, 3.05) is 18.1 Å². The van der Waals surface area contributed by atoms with Gasteiger partial charge in [0.15, 0.2) is 0 Å². The van der Waals surface area contributed by atoms with Gasteiger partial charge in [-0.05, 0) is 44.2 Å². The first-order chi connectivity index (χ1) is 13.6. The summed E-state index contributed by atoms with van der Waals surface area (Å²) in [6.45, 7) is 2.75. The number of hydrogen-bond acceptors (Lipinski definition) is 4. The number of nitrogens with zero attached hydrogens (tertiary/aromatic N) is 1. The Hall–Kier alpha value is -2.94. The summed E-state index contributed by atoms with van der Waals surface area (Å²) >= 11 is 0. The van der Waals surface area contributed by atoms with Crippen LogP contribution in [0.15, 0.2) is 48.5 Å². The Morgan fingerprint density at radius 2 is 1.69 bits per heavy atom. The molecule has 29 heavy (non-hydrogen) atoms. The third kappa shape index (κ3) is 4.40. The Bertz CT molecular complexity index is 883. The molecule has 0 spiro atoms. The second kappa shape index (κ2) is 8.60. The Morgan fingerprint density at radius 3 is 2.17 bits per heavy atom. The van der Waals surface area contributed by atoms with Crippen LogP contribution in [0, 0.1) is 5.82 Å². The Kier molecular flexibility index (Phi) is 6.63. The molecule has 1 atom stereocenters. The highest BCUT2D eigenvalue weighted by atomic mass is 19.4. The van der Waals surface area contributed by atoms with E-state index in [-0.39, 0.29) is 24.4 Å². The lowest BCUT2D eigenvalue weighted by Crippen LogP contribution is -2.50. The normalized spacial score (nSPS) is 13.5. The molecule has 0 aliphatic rings. The molecule has 2 aromatic carbocycles. The topological polar surface area (TPSA) is 66.8 Å². The number of carbonyl (C=O) groups excluding carboxylic acids is 2. The molecule has 2 rings (SSSR count). The number of benzene rings is 2. The van der Waals surface area contributed by atoms with Crippen LogP contribution in [-0.4, -0.2) is 36.3 Å². The van der Waals surface area contributed by atoms with Crippen LogP contribution in [0.5, 0.6) is 0 Å². The maximum Gasteiger partial charge on any atom is 0.432 e. The average molecular weight is 413 g/mol. The maximum absolute atomic E-state index is 13.4. The van der Waals surface area contributed by atoms with Crippen LogP contribution in [-0.2, 0) is 15.1 Å². The van der Waals surface area contributed by atoms with Gasteiger partial charge in [0.25, 0.3) is 11.5 Å². The van der Waals surface area contributed by atoms with Crippen molar-refractivity contribution in [2.45, 2.75) is 25.6 Å². The molecule has 0 unspecified atom stereocenters. The van der Waals surface area contributed by atoms with Gasteiger partial charge in [0.05, 0.1) is 6.61 Å². The summed E-state index contributed by atoms with van der Waals surface area (Å²) in [5.74, 6) is -3.01. The van der Waals surface area contributed by atoms with E-state index in [0.29, 0.717) is 0 Å². The summed E-state index contributed by atoms with van der Waals surface area (Å²) in [5.41, 5.74) is -4.32. The summed E-state index contributed by atoms with van der Waals surface area (Å²) in [6.07, 6.45) is -5.32. The van der Waals surface area contributed by atoms with Gasteiger partial charge in [-0.1, -0.05) is 18.2 Å². The van der Waals surface area contributed by atoms with E-state index < -0.39 is 35.0 Å². The van der Waals surface area contributed by atoms with Gasteiger partial charge in [-0.3, -0.25) is 4.79 Å². The van der Waals surface area contributed by atoms with Gasteiger partial charge < -0.3 is 14.7 Å². The Labute approximate surface area is 164 Å². The number of aliphatic hydroxyl groups is 1. The van der Waals surface area contributed by atoms with Crippen molar-refractivity contribution in [1.29, 1.82) is 0 Å². The molecular weight excluding hydrogens is 394 g/mol. The zero-order chi connectivity index (χ0) is 21.8. The van der Waals surface area contributed by atoms with Crippen LogP contribution in [0.25, 0.3) is 0 Å². The molecule has 1 amide bonds. The predicted molar refractivity (Wildman–Crippen MR) is 96.8 cm³/mol. The molecule has 0 aromatic heterocycles. The second-order valence-corrected chi connectivity index (χ2v) is 6.04. The highest BCUT2D eigenvalue weighted by Gasteiger charge is 2.62. The summed E-state index contributed by atoms with van der Waals surface area (Å²) in [6, 6.07) is 9.09. The fraction of sp³-hybridized carbons (Fsp3) is 0.300. The molecule has 0 saturated carbocycles. The molecule has 0 aliphatic carbocycles. The van der Waals surface area contributed by atoms with Crippen LogP contribution in [0.4, 0.5) is 23.2 Å². The minimum atomic E-state index is -5.32. The molecule has 5 nitrogen and oxygen atoms in total. The third-order valence-electron chi connectivity index (χ3n) is 4.21. The minimum Gasteiger partial charge on any atom is -0.463 e. The fourth-order valence-corrected chi connectivity index (χ4v) is 2.74. The maximum atomic E-state index is 13.4. The van der Waals surface area contributed by atoms with Crippen LogP contribution < -0.4 is 4.90 Å². The number of hydrogen-bond donors (Lipinski definition) is 1. The number of carbonyl (C=O) groups is 2. The molecule has 0 saturated heterocycles. The van der Waals surface area contributed by atoms with Crippen molar-refractivity contribution >= 4 is 17.6 Å². The molecular formula is C20H19F4NO4. The van der Waals surface area contributed by atoms with Crippen molar-refractivity contribution in [3.05, 3.63) is 65.5 Å². The van der Waals surface area contributed by atoms with Gasteiger partial charge in [-0.15, -0.1) is 0 Å². The first-order valence-electron chi connectivity index (χ1n) is 8.70. The second-order valence-electron chi connectivity index (χ2n) is 6.04. The molecule has 156 valence electrons. The highest BCUT2D eigenvalue weighted by molar-refractivity contribution is 6.06. The molecule has 0 radical (unpaired) electrons. The molecule has 2 aromatic rings. The average Bonchev–Trinajstić information content (AvgIpc) is 2.67. The number of ether oxygens (including phenoxy) is 1. The predicted octanol–water partition coefficient (Wildman–Crippen LogP) is 3.81. The van der Waals surface area contributed by atoms with E-state index in [1.54, 1.807) is 6.92 Å². The molecule has 9 heteroatoms. The number of anilines is 1. The molecule has 0 bridgehead atoms. The van der Waals surface area contributed by atoms with Gasteiger partial charge in [0.2, 0.25) is 0 Å². The largest absolute Gasteiger partial charge is 0.463 e. The van der Waals surface area contributed by atoms with E-state index in [9.17, 15) is 32.3 Å². The van der Waals surface area contributed by atoms with Crippen LogP contribution >= 0.6 is 0 Å². The summed E-state index contributed by atoms with van der Waals surface area (Å²) in [7, 11) is 0. The van der Waals surface area contributed by atoms with Crippen molar-refractivity contribution in [1.82, 2.24) is 0 Å². The summed E-state index contributed by atoms with van der Waals surface area (Å²) < 4.78 is 58.0. The van der Waals surface area contributed by atoms with E-state index in [1.165, 1.54) is 30.0 Å². The monoisotopic (exact) mass is 413 g/mol. The number of amides is 1. The van der Waals surface area contributed by atoms with Gasteiger partial charge in [0, 0.05) is 23.4 Å².